The fraction of sp³-hybridized carbons (Fsp3) is 0.200. The van der Waals surface area contributed by atoms with Crippen LogP contribution in [0, 0.1) is 0 Å². The third-order valence-corrected chi connectivity index (χ3v) is 3.54. The molecule has 5 heteroatoms. The van der Waals surface area contributed by atoms with Gasteiger partial charge in [0.2, 0.25) is 0 Å². The van der Waals surface area contributed by atoms with Crippen molar-refractivity contribution in [1.82, 2.24) is 0 Å². The molecule has 2 aromatic rings. The third kappa shape index (κ3) is 3.50. The van der Waals surface area contributed by atoms with E-state index in [-0.39, 0.29) is 5.75 Å². The summed E-state index contributed by atoms with van der Waals surface area (Å²) >= 11 is 12.1. The van der Waals surface area contributed by atoms with Crippen LogP contribution in [0.5, 0.6) is 5.75 Å². The van der Waals surface area contributed by atoms with Crippen LogP contribution in [-0.2, 0) is 6.54 Å². The van der Waals surface area contributed by atoms with Gasteiger partial charge < -0.3 is 15.3 Å². The lowest BCUT2D eigenvalue weighted by atomic mass is 10.2. The quantitative estimate of drug-likeness (QED) is 0.880. The van der Waals surface area contributed by atoms with E-state index in [0.29, 0.717) is 16.6 Å². The van der Waals surface area contributed by atoms with E-state index in [2.05, 4.69) is 5.32 Å². The first-order valence-electron chi connectivity index (χ1n) is 6.15. The summed E-state index contributed by atoms with van der Waals surface area (Å²) in [6.45, 7) is 0.609. The smallest absolute Gasteiger partial charge is 0.134 e. The molecular weight excluding hydrogens is 295 g/mol. The van der Waals surface area contributed by atoms with Crippen LogP contribution < -0.4 is 10.2 Å². The average Bonchev–Trinajstić information content (AvgIpc) is 2.40. The molecule has 3 nitrogen and oxygen atoms in total. The van der Waals surface area contributed by atoms with Crippen molar-refractivity contribution in [3.63, 3.8) is 0 Å². The van der Waals surface area contributed by atoms with Gasteiger partial charge >= 0.3 is 0 Å². The summed E-state index contributed by atoms with van der Waals surface area (Å²) in [5.74, 6) is 0.0915. The molecular formula is C15H16Cl2N2O. The summed E-state index contributed by atoms with van der Waals surface area (Å²) in [4.78, 5) is 1.96. The molecule has 0 amide bonds. The van der Waals surface area contributed by atoms with E-state index < -0.39 is 0 Å². The number of aromatic hydroxyl groups is 1. The van der Waals surface area contributed by atoms with Gasteiger partial charge in [-0.2, -0.15) is 0 Å². The lowest BCUT2D eigenvalue weighted by Gasteiger charge is -2.15. The van der Waals surface area contributed by atoms with Crippen LogP contribution in [0.15, 0.2) is 36.4 Å². The molecule has 0 saturated heterocycles. The number of rotatable bonds is 4. The number of hydrogen-bond acceptors (Lipinski definition) is 3. The lowest BCUT2D eigenvalue weighted by molar-refractivity contribution is 0.475. The predicted molar refractivity (Wildman–Crippen MR) is 86.2 cm³/mol. The molecule has 0 unspecified atom stereocenters. The van der Waals surface area contributed by atoms with Crippen molar-refractivity contribution in [2.45, 2.75) is 6.54 Å². The van der Waals surface area contributed by atoms with E-state index in [1.807, 2.05) is 43.3 Å². The average molecular weight is 311 g/mol. The van der Waals surface area contributed by atoms with Crippen LogP contribution in [0.1, 0.15) is 5.56 Å². The number of halogens is 2. The molecule has 0 aliphatic heterocycles. The monoisotopic (exact) mass is 310 g/mol. The number of nitrogens with one attached hydrogen (secondary N) is 1. The minimum absolute atomic E-state index is 0.0915. The Hall–Kier alpha value is -1.58. The van der Waals surface area contributed by atoms with Crippen molar-refractivity contribution in [2.24, 2.45) is 0 Å². The maximum atomic E-state index is 9.37. The van der Waals surface area contributed by atoms with E-state index >= 15 is 0 Å². The molecule has 2 N–H and O–H groups in total. The Kier molecular flexibility index (Phi) is 4.63. The molecule has 0 aromatic heterocycles. The van der Waals surface area contributed by atoms with E-state index in [9.17, 15) is 5.11 Å². The summed E-state index contributed by atoms with van der Waals surface area (Å²) in [5.41, 5.74) is 2.90. The molecule has 2 aromatic carbocycles. The van der Waals surface area contributed by atoms with Gasteiger partial charge in [0.15, 0.2) is 0 Å². The van der Waals surface area contributed by atoms with Crippen molar-refractivity contribution in [2.75, 3.05) is 24.3 Å². The predicted octanol–water partition coefficient (Wildman–Crippen LogP) is 4.38. The van der Waals surface area contributed by atoms with Crippen LogP contribution in [0.25, 0.3) is 0 Å². The first-order chi connectivity index (χ1) is 9.47. The Morgan fingerprint density at radius 3 is 2.40 bits per heavy atom. The highest BCUT2D eigenvalue weighted by atomic mass is 35.5. The molecule has 0 aliphatic carbocycles. The SMILES string of the molecule is CN(C)c1ccc(NCc2ccc(O)c(Cl)c2)cc1Cl. The maximum Gasteiger partial charge on any atom is 0.134 e. The highest BCUT2D eigenvalue weighted by Gasteiger charge is 2.04. The van der Waals surface area contributed by atoms with Gasteiger partial charge in [0, 0.05) is 26.3 Å². The second-order valence-electron chi connectivity index (χ2n) is 4.70. The van der Waals surface area contributed by atoms with Crippen LogP contribution in [0.2, 0.25) is 10.0 Å². The first kappa shape index (κ1) is 14.8. The van der Waals surface area contributed by atoms with Gasteiger partial charge in [-0.1, -0.05) is 29.3 Å². The molecule has 0 radical (unpaired) electrons. The minimum Gasteiger partial charge on any atom is -0.506 e. The lowest BCUT2D eigenvalue weighted by Crippen LogP contribution is -2.09. The summed E-state index contributed by atoms with van der Waals surface area (Å²) in [7, 11) is 3.90. The molecule has 20 heavy (non-hydrogen) atoms. The zero-order valence-electron chi connectivity index (χ0n) is 11.3. The fourth-order valence-electron chi connectivity index (χ4n) is 1.84. The zero-order valence-corrected chi connectivity index (χ0v) is 12.8. The number of benzene rings is 2. The Labute approximate surface area is 128 Å². The normalized spacial score (nSPS) is 10.4. The van der Waals surface area contributed by atoms with Crippen LogP contribution in [0.4, 0.5) is 11.4 Å². The van der Waals surface area contributed by atoms with Crippen molar-refractivity contribution in [1.29, 1.82) is 0 Å². The number of hydrogen-bond donors (Lipinski definition) is 2. The van der Waals surface area contributed by atoms with Crippen molar-refractivity contribution < 1.29 is 5.11 Å². The Morgan fingerprint density at radius 2 is 1.80 bits per heavy atom. The van der Waals surface area contributed by atoms with Crippen molar-refractivity contribution >= 4 is 34.6 Å². The van der Waals surface area contributed by atoms with Gasteiger partial charge in [-0.25, -0.2) is 0 Å². The highest BCUT2D eigenvalue weighted by Crippen LogP contribution is 2.28. The molecule has 0 atom stereocenters. The molecule has 2 rings (SSSR count). The van der Waals surface area contributed by atoms with Crippen molar-refractivity contribution in [3.8, 4) is 5.75 Å². The third-order valence-electron chi connectivity index (χ3n) is 2.94. The summed E-state index contributed by atoms with van der Waals surface area (Å²) in [5, 5.41) is 13.7. The van der Waals surface area contributed by atoms with Gasteiger partial charge in [-0.05, 0) is 35.9 Å². The number of phenols is 1. The molecule has 0 heterocycles. The number of phenolic OH excluding ortho intramolecular Hbond substituents is 1. The summed E-state index contributed by atoms with van der Waals surface area (Å²) < 4.78 is 0. The van der Waals surface area contributed by atoms with Gasteiger partial charge in [-0.15, -0.1) is 0 Å². The Bertz CT molecular complexity index is 615. The van der Waals surface area contributed by atoms with Gasteiger partial charge in [0.1, 0.15) is 5.75 Å². The molecule has 0 fully saturated rings. The number of anilines is 2. The molecule has 0 bridgehead atoms. The zero-order chi connectivity index (χ0) is 14.7. The highest BCUT2D eigenvalue weighted by molar-refractivity contribution is 6.33. The summed E-state index contributed by atoms with van der Waals surface area (Å²) in [6, 6.07) is 11.0. The Morgan fingerprint density at radius 1 is 1.05 bits per heavy atom. The summed E-state index contributed by atoms with van der Waals surface area (Å²) in [6.07, 6.45) is 0. The molecule has 106 valence electrons. The largest absolute Gasteiger partial charge is 0.506 e. The maximum absolute atomic E-state index is 9.37. The van der Waals surface area contributed by atoms with Gasteiger partial charge in [0.25, 0.3) is 0 Å². The minimum atomic E-state index is 0.0915. The van der Waals surface area contributed by atoms with Crippen LogP contribution in [0.3, 0.4) is 0 Å². The van der Waals surface area contributed by atoms with E-state index in [1.165, 1.54) is 0 Å². The topological polar surface area (TPSA) is 35.5 Å². The van der Waals surface area contributed by atoms with Crippen LogP contribution in [-0.4, -0.2) is 19.2 Å². The second kappa shape index (κ2) is 6.25. The molecule has 0 saturated carbocycles. The van der Waals surface area contributed by atoms with E-state index in [4.69, 9.17) is 23.2 Å². The van der Waals surface area contributed by atoms with E-state index in [0.717, 1.165) is 16.9 Å². The Balaban J connectivity index is 2.07. The standard InChI is InChI=1S/C15H16Cl2N2O/c1-19(2)14-5-4-11(8-12(14)16)18-9-10-3-6-15(20)13(17)7-10/h3-8,18,20H,9H2,1-2H3. The van der Waals surface area contributed by atoms with Gasteiger partial charge in [0.05, 0.1) is 15.7 Å². The first-order valence-corrected chi connectivity index (χ1v) is 6.91. The van der Waals surface area contributed by atoms with Gasteiger partial charge in [-0.3, -0.25) is 0 Å². The molecule has 0 aliphatic rings. The molecule has 0 spiro atoms. The number of nitrogens with zero attached hydrogens (tertiary/aromatic N) is 1. The van der Waals surface area contributed by atoms with Crippen LogP contribution >= 0.6 is 23.2 Å². The fourth-order valence-corrected chi connectivity index (χ4v) is 2.40. The van der Waals surface area contributed by atoms with Crippen molar-refractivity contribution in [3.05, 3.63) is 52.0 Å². The second-order valence-corrected chi connectivity index (χ2v) is 5.51. The van der Waals surface area contributed by atoms with E-state index in [1.54, 1.807) is 12.1 Å².